The van der Waals surface area contributed by atoms with E-state index in [1.807, 2.05) is 0 Å². The monoisotopic (exact) mass is 306 g/mol. The van der Waals surface area contributed by atoms with Crippen LogP contribution in [0.4, 0.5) is 24.5 Å². The van der Waals surface area contributed by atoms with Crippen LogP contribution in [0, 0.1) is 10.1 Å². The fourth-order valence-corrected chi connectivity index (χ4v) is 1.84. The molecule has 118 valence electrons. The average Bonchev–Trinajstić information content (AvgIpc) is 2.35. The molecule has 0 fully saturated rings. The maximum atomic E-state index is 12.5. The van der Waals surface area contributed by atoms with Gasteiger partial charge in [0.1, 0.15) is 5.69 Å². The number of hydrogen-bond donors (Lipinski definition) is 2. The van der Waals surface area contributed by atoms with Crippen molar-refractivity contribution in [3.63, 3.8) is 0 Å². The van der Waals surface area contributed by atoms with Crippen LogP contribution in [0.25, 0.3) is 0 Å². The molecule has 0 saturated carbocycles. The number of rotatable bonds is 6. The molecule has 0 aliphatic carbocycles. The molecule has 0 aromatic heterocycles. The molecular formula is C12H17F3N4O2. The molecule has 0 heterocycles. The largest absolute Gasteiger partial charge is 0.401 e. The van der Waals surface area contributed by atoms with Gasteiger partial charge < -0.3 is 5.43 Å². The minimum atomic E-state index is -4.31. The molecule has 0 aliphatic heterocycles. The van der Waals surface area contributed by atoms with E-state index in [-0.39, 0.29) is 24.0 Å². The first-order valence-electron chi connectivity index (χ1n) is 6.18. The number of alkyl halides is 3. The molecule has 0 radical (unpaired) electrons. The van der Waals surface area contributed by atoms with Crippen molar-refractivity contribution in [1.29, 1.82) is 0 Å². The van der Waals surface area contributed by atoms with E-state index in [2.05, 4.69) is 5.43 Å². The summed E-state index contributed by atoms with van der Waals surface area (Å²) < 4.78 is 37.6. The molecule has 1 aromatic rings. The average molecular weight is 306 g/mol. The van der Waals surface area contributed by atoms with Crippen molar-refractivity contribution in [2.24, 2.45) is 5.84 Å². The zero-order valence-corrected chi connectivity index (χ0v) is 11.6. The van der Waals surface area contributed by atoms with Crippen LogP contribution >= 0.6 is 0 Å². The first kappa shape index (κ1) is 17.2. The fraction of sp³-hybridized carbons (Fsp3) is 0.500. The Morgan fingerprint density at radius 2 is 2.05 bits per heavy atom. The highest BCUT2D eigenvalue weighted by Crippen LogP contribution is 2.26. The summed E-state index contributed by atoms with van der Waals surface area (Å²) in [4.78, 5) is 11.4. The summed E-state index contributed by atoms with van der Waals surface area (Å²) in [7, 11) is 0. The molecule has 9 heteroatoms. The van der Waals surface area contributed by atoms with Crippen molar-refractivity contribution in [1.82, 2.24) is 4.90 Å². The SMILES string of the molecule is CC(C)N(Cc1ccc([N+](=O)[O-])c(NN)c1)CC(F)(F)F. The summed E-state index contributed by atoms with van der Waals surface area (Å²) in [5, 5.41) is 10.8. The molecule has 6 nitrogen and oxygen atoms in total. The van der Waals surface area contributed by atoms with Gasteiger partial charge in [-0.3, -0.25) is 20.9 Å². The van der Waals surface area contributed by atoms with Crippen LogP contribution in [-0.2, 0) is 6.54 Å². The smallest absolute Gasteiger partial charge is 0.318 e. The predicted octanol–water partition coefficient (Wildman–Crippen LogP) is 2.65. The van der Waals surface area contributed by atoms with E-state index >= 15 is 0 Å². The number of nitrogen functional groups attached to an aromatic ring is 1. The molecule has 21 heavy (non-hydrogen) atoms. The fourth-order valence-electron chi connectivity index (χ4n) is 1.84. The predicted molar refractivity (Wildman–Crippen MR) is 72.5 cm³/mol. The Morgan fingerprint density at radius 1 is 1.43 bits per heavy atom. The van der Waals surface area contributed by atoms with Gasteiger partial charge in [-0.2, -0.15) is 13.2 Å². The van der Waals surface area contributed by atoms with E-state index in [1.165, 1.54) is 23.1 Å². The topological polar surface area (TPSA) is 84.4 Å². The number of halogens is 3. The van der Waals surface area contributed by atoms with Gasteiger partial charge in [-0.25, -0.2) is 0 Å². The summed E-state index contributed by atoms with van der Waals surface area (Å²) in [5.74, 6) is 5.20. The minimum Gasteiger partial charge on any atom is -0.318 e. The van der Waals surface area contributed by atoms with E-state index in [4.69, 9.17) is 5.84 Å². The van der Waals surface area contributed by atoms with Crippen LogP contribution in [0.5, 0.6) is 0 Å². The molecule has 0 unspecified atom stereocenters. The maximum absolute atomic E-state index is 12.5. The van der Waals surface area contributed by atoms with Gasteiger partial charge in [-0.15, -0.1) is 0 Å². The second-order valence-electron chi connectivity index (χ2n) is 4.87. The van der Waals surface area contributed by atoms with Crippen LogP contribution in [0.1, 0.15) is 19.4 Å². The van der Waals surface area contributed by atoms with Crippen molar-refractivity contribution < 1.29 is 18.1 Å². The highest BCUT2D eigenvalue weighted by atomic mass is 19.4. The molecule has 1 aromatic carbocycles. The van der Waals surface area contributed by atoms with Gasteiger partial charge in [0.2, 0.25) is 0 Å². The van der Waals surface area contributed by atoms with Crippen LogP contribution in [0.15, 0.2) is 18.2 Å². The molecule has 3 N–H and O–H groups in total. The zero-order chi connectivity index (χ0) is 16.2. The lowest BCUT2D eigenvalue weighted by molar-refractivity contribution is -0.384. The number of hydrogen-bond acceptors (Lipinski definition) is 5. The highest BCUT2D eigenvalue weighted by Gasteiger charge is 2.31. The van der Waals surface area contributed by atoms with Gasteiger partial charge >= 0.3 is 6.18 Å². The quantitative estimate of drug-likeness (QED) is 0.479. The molecular weight excluding hydrogens is 289 g/mol. The zero-order valence-electron chi connectivity index (χ0n) is 11.6. The van der Waals surface area contributed by atoms with Crippen molar-refractivity contribution >= 4 is 11.4 Å². The van der Waals surface area contributed by atoms with E-state index in [0.717, 1.165) is 0 Å². The Labute approximate surface area is 119 Å². The van der Waals surface area contributed by atoms with Crippen molar-refractivity contribution in [2.75, 3.05) is 12.0 Å². The maximum Gasteiger partial charge on any atom is 0.401 e. The third-order valence-corrected chi connectivity index (χ3v) is 2.91. The van der Waals surface area contributed by atoms with Gasteiger partial charge in [0.15, 0.2) is 0 Å². The molecule has 0 saturated heterocycles. The molecule has 0 atom stereocenters. The molecule has 0 amide bonds. The summed E-state index contributed by atoms with van der Waals surface area (Å²) in [5.41, 5.74) is 2.53. The minimum absolute atomic E-state index is 0.0177. The van der Waals surface area contributed by atoms with Crippen LogP contribution in [0.3, 0.4) is 0 Å². The van der Waals surface area contributed by atoms with Gasteiger partial charge in [-0.05, 0) is 25.5 Å². The van der Waals surface area contributed by atoms with Gasteiger partial charge in [0.25, 0.3) is 5.69 Å². The summed E-state index contributed by atoms with van der Waals surface area (Å²) in [6.07, 6.45) is -4.31. The number of nitro benzene ring substituents is 1. The number of nitrogens with one attached hydrogen (secondary N) is 1. The Kier molecular flexibility index (Phi) is 5.50. The Bertz CT molecular complexity index is 506. The Balaban J connectivity index is 2.97. The molecule has 1 rings (SSSR count). The lowest BCUT2D eigenvalue weighted by Gasteiger charge is -2.27. The highest BCUT2D eigenvalue weighted by molar-refractivity contribution is 5.62. The van der Waals surface area contributed by atoms with E-state index in [1.54, 1.807) is 13.8 Å². The van der Waals surface area contributed by atoms with Crippen LogP contribution in [-0.4, -0.2) is 28.6 Å². The second-order valence-corrected chi connectivity index (χ2v) is 4.87. The third kappa shape index (κ3) is 5.20. The number of nitro groups is 1. The van der Waals surface area contributed by atoms with Crippen LogP contribution < -0.4 is 11.3 Å². The number of anilines is 1. The lowest BCUT2D eigenvalue weighted by Crippen LogP contribution is -2.38. The normalized spacial score (nSPS) is 12.0. The number of nitrogens with two attached hydrogens (primary N) is 1. The van der Waals surface area contributed by atoms with Gasteiger partial charge in [-0.1, -0.05) is 6.07 Å². The van der Waals surface area contributed by atoms with Gasteiger partial charge in [0, 0.05) is 18.7 Å². The van der Waals surface area contributed by atoms with E-state index in [9.17, 15) is 23.3 Å². The first-order valence-corrected chi connectivity index (χ1v) is 6.18. The Morgan fingerprint density at radius 3 is 2.48 bits per heavy atom. The van der Waals surface area contributed by atoms with E-state index in [0.29, 0.717) is 5.56 Å². The van der Waals surface area contributed by atoms with Crippen molar-refractivity contribution in [3.05, 3.63) is 33.9 Å². The van der Waals surface area contributed by atoms with Crippen molar-refractivity contribution in [2.45, 2.75) is 32.6 Å². The second kappa shape index (κ2) is 6.72. The molecule has 0 aliphatic rings. The third-order valence-electron chi connectivity index (χ3n) is 2.91. The number of benzene rings is 1. The summed E-state index contributed by atoms with van der Waals surface area (Å²) in [6.45, 7) is 2.27. The molecule has 0 bridgehead atoms. The number of nitrogens with zero attached hydrogens (tertiary/aromatic N) is 2. The summed E-state index contributed by atoms with van der Waals surface area (Å²) >= 11 is 0. The lowest BCUT2D eigenvalue weighted by atomic mass is 10.1. The number of hydrazine groups is 1. The standard InChI is InChI=1S/C12H17F3N4O2/c1-8(2)18(7-12(13,14)15)6-9-3-4-11(19(20)21)10(5-9)17-16/h3-5,8,17H,6-7,16H2,1-2H3. The Hall–Kier alpha value is -1.87. The van der Waals surface area contributed by atoms with E-state index < -0.39 is 17.6 Å². The van der Waals surface area contributed by atoms with Crippen molar-refractivity contribution in [3.8, 4) is 0 Å². The van der Waals surface area contributed by atoms with Gasteiger partial charge in [0.05, 0.1) is 11.5 Å². The summed E-state index contributed by atoms with van der Waals surface area (Å²) in [6, 6.07) is 3.70. The van der Waals surface area contributed by atoms with Crippen LogP contribution in [0.2, 0.25) is 0 Å². The molecule has 0 spiro atoms. The first-order chi connectivity index (χ1) is 9.64.